The van der Waals surface area contributed by atoms with Gasteiger partial charge in [-0.2, -0.15) is 0 Å². The van der Waals surface area contributed by atoms with Gasteiger partial charge in [0.2, 0.25) is 0 Å². The van der Waals surface area contributed by atoms with Crippen molar-refractivity contribution < 1.29 is 0 Å². The lowest BCUT2D eigenvalue weighted by atomic mass is 10.0. The molecule has 0 spiro atoms. The molecule has 0 bridgehead atoms. The highest BCUT2D eigenvalue weighted by Crippen LogP contribution is 2.27. The van der Waals surface area contributed by atoms with Gasteiger partial charge in [0.05, 0.1) is 0 Å². The van der Waals surface area contributed by atoms with Crippen LogP contribution in [-0.2, 0) is 6.42 Å². The predicted octanol–water partition coefficient (Wildman–Crippen LogP) is 4.09. The molecule has 0 radical (unpaired) electrons. The van der Waals surface area contributed by atoms with E-state index >= 15 is 0 Å². The number of aromatic nitrogens is 2. The number of nitrogen functional groups attached to an aromatic ring is 1. The molecule has 2 heterocycles. The first-order valence-electron chi connectivity index (χ1n) is 7.39. The largest absolute Gasteiger partial charge is 0.383 e. The number of rotatable bonds is 3. The van der Waals surface area contributed by atoms with E-state index in [0.717, 1.165) is 29.0 Å². The van der Waals surface area contributed by atoms with E-state index in [4.69, 9.17) is 5.73 Å². The predicted molar refractivity (Wildman–Crippen MR) is 88.3 cm³/mol. The molecule has 0 aliphatic rings. The Morgan fingerprint density at radius 2 is 1.81 bits per heavy atom. The van der Waals surface area contributed by atoms with Crippen molar-refractivity contribution in [2.24, 2.45) is 5.92 Å². The minimum absolute atomic E-state index is 0.666. The highest BCUT2D eigenvalue weighted by atomic mass is 15.1. The second-order valence-corrected chi connectivity index (χ2v) is 6.00. The third kappa shape index (κ3) is 2.51. The number of hydrogen-bond acceptors (Lipinski definition) is 2. The molecular formula is C18H21N3. The molecule has 21 heavy (non-hydrogen) atoms. The quantitative estimate of drug-likeness (QED) is 0.784. The smallest absolute Gasteiger partial charge is 0.139 e. The highest BCUT2D eigenvalue weighted by Gasteiger charge is 2.12. The van der Waals surface area contributed by atoms with Gasteiger partial charge < -0.3 is 5.73 Å². The zero-order chi connectivity index (χ0) is 15.0. The standard InChI is InChI=1S/C18H21N3/c1-12(2)11-14-7-9-15(10-8-14)17-18(19)21-13(3)5-4-6-16(21)20-17/h4-10,12H,11,19H2,1-3H3. The summed E-state index contributed by atoms with van der Waals surface area (Å²) in [7, 11) is 0. The van der Waals surface area contributed by atoms with Gasteiger partial charge in [0.25, 0.3) is 0 Å². The number of nitrogens with zero attached hydrogens (tertiary/aromatic N) is 2. The van der Waals surface area contributed by atoms with E-state index in [2.05, 4.69) is 43.1 Å². The first-order valence-corrected chi connectivity index (χ1v) is 7.39. The molecule has 0 aliphatic carbocycles. The molecule has 108 valence electrons. The molecule has 0 saturated heterocycles. The molecule has 0 aliphatic heterocycles. The highest BCUT2D eigenvalue weighted by molar-refractivity contribution is 5.75. The Bertz CT molecular complexity index is 767. The molecule has 3 rings (SSSR count). The average molecular weight is 279 g/mol. The lowest BCUT2D eigenvalue weighted by molar-refractivity contribution is 0.647. The van der Waals surface area contributed by atoms with Gasteiger partial charge in [-0.25, -0.2) is 4.98 Å². The van der Waals surface area contributed by atoms with E-state index in [9.17, 15) is 0 Å². The zero-order valence-electron chi connectivity index (χ0n) is 12.8. The summed E-state index contributed by atoms with van der Waals surface area (Å²) in [5, 5.41) is 0. The molecule has 0 saturated carbocycles. The molecule has 0 fully saturated rings. The summed E-state index contributed by atoms with van der Waals surface area (Å²) in [6, 6.07) is 14.6. The Kier molecular flexibility index (Phi) is 3.42. The topological polar surface area (TPSA) is 43.3 Å². The van der Waals surface area contributed by atoms with Crippen LogP contribution < -0.4 is 5.73 Å². The summed E-state index contributed by atoms with van der Waals surface area (Å²) in [5.41, 5.74) is 11.6. The van der Waals surface area contributed by atoms with E-state index < -0.39 is 0 Å². The Morgan fingerprint density at radius 1 is 1.10 bits per heavy atom. The fourth-order valence-corrected chi connectivity index (χ4v) is 2.76. The van der Waals surface area contributed by atoms with Crippen LogP contribution in [0.1, 0.15) is 25.1 Å². The number of nitrogens with two attached hydrogens (primary N) is 1. The van der Waals surface area contributed by atoms with Crippen LogP contribution in [0.5, 0.6) is 0 Å². The number of fused-ring (bicyclic) bond motifs is 1. The van der Waals surface area contributed by atoms with Crippen LogP contribution >= 0.6 is 0 Å². The molecule has 0 unspecified atom stereocenters. The summed E-state index contributed by atoms with van der Waals surface area (Å²) in [5.74, 6) is 1.37. The minimum atomic E-state index is 0.666. The van der Waals surface area contributed by atoms with Gasteiger partial charge in [-0.3, -0.25) is 4.40 Å². The van der Waals surface area contributed by atoms with Crippen molar-refractivity contribution in [2.75, 3.05) is 5.73 Å². The number of pyridine rings is 1. The Labute approximate surface area is 125 Å². The fourth-order valence-electron chi connectivity index (χ4n) is 2.76. The van der Waals surface area contributed by atoms with Crippen LogP contribution in [0.2, 0.25) is 0 Å². The molecule has 0 amide bonds. The average Bonchev–Trinajstić information content (AvgIpc) is 2.78. The molecule has 1 aromatic carbocycles. The van der Waals surface area contributed by atoms with Gasteiger partial charge in [-0.1, -0.05) is 44.2 Å². The maximum absolute atomic E-state index is 6.29. The van der Waals surface area contributed by atoms with Crippen molar-refractivity contribution in [1.82, 2.24) is 9.38 Å². The van der Waals surface area contributed by atoms with Crippen molar-refractivity contribution in [2.45, 2.75) is 27.2 Å². The summed E-state index contributed by atoms with van der Waals surface area (Å²) in [6.07, 6.45) is 1.10. The van der Waals surface area contributed by atoms with Crippen LogP contribution in [0.15, 0.2) is 42.5 Å². The maximum atomic E-state index is 6.29. The van der Waals surface area contributed by atoms with Crippen molar-refractivity contribution >= 4 is 11.5 Å². The Morgan fingerprint density at radius 3 is 2.43 bits per heavy atom. The first-order chi connectivity index (χ1) is 10.1. The Balaban J connectivity index is 2.04. The van der Waals surface area contributed by atoms with Gasteiger partial charge in [-0.15, -0.1) is 0 Å². The zero-order valence-corrected chi connectivity index (χ0v) is 12.8. The molecular weight excluding hydrogens is 258 g/mol. The molecule has 3 aromatic rings. The van der Waals surface area contributed by atoms with Crippen LogP contribution in [0.25, 0.3) is 16.9 Å². The van der Waals surface area contributed by atoms with Gasteiger partial charge >= 0.3 is 0 Å². The third-order valence-corrected chi connectivity index (χ3v) is 3.75. The maximum Gasteiger partial charge on any atom is 0.139 e. The van der Waals surface area contributed by atoms with E-state index in [-0.39, 0.29) is 0 Å². The van der Waals surface area contributed by atoms with Crippen molar-refractivity contribution in [3.63, 3.8) is 0 Å². The molecule has 2 aromatic heterocycles. The summed E-state index contributed by atoms with van der Waals surface area (Å²) >= 11 is 0. The summed E-state index contributed by atoms with van der Waals surface area (Å²) in [6.45, 7) is 6.51. The lowest BCUT2D eigenvalue weighted by Gasteiger charge is -2.06. The normalized spacial score (nSPS) is 11.4. The second-order valence-electron chi connectivity index (χ2n) is 6.00. The SMILES string of the molecule is Cc1cccc2nc(-c3ccc(CC(C)C)cc3)c(N)n12. The number of aryl methyl sites for hydroxylation is 1. The van der Waals surface area contributed by atoms with Crippen molar-refractivity contribution in [3.8, 4) is 11.3 Å². The second kappa shape index (κ2) is 5.24. The summed E-state index contributed by atoms with van der Waals surface area (Å²) < 4.78 is 2.00. The van der Waals surface area contributed by atoms with Crippen LogP contribution in [0.4, 0.5) is 5.82 Å². The van der Waals surface area contributed by atoms with Crippen molar-refractivity contribution in [1.29, 1.82) is 0 Å². The monoisotopic (exact) mass is 279 g/mol. The van der Waals surface area contributed by atoms with Gasteiger partial charge in [-0.05, 0) is 37.0 Å². The first kappa shape index (κ1) is 13.7. The molecule has 0 atom stereocenters. The van der Waals surface area contributed by atoms with E-state index in [1.54, 1.807) is 0 Å². The van der Waals surface area contributed by atoms with Gasteiger partial charge in [0, 0.05) is 11.3 Å². The fraction of sp³-hybridized carbons (Fsp3) is 0.278. The van der Waals surface area contributed by atoms with E-state index in [1.165, 1.54) is 5.56 Å². The number of imidazole rings is 1. The van der Waals surface area contributed by atoms with Crippen molar-refractivity contribution in [3.05, 3.63) is 53.7 Å². The summed E-state index contributed by atoms with van der Waals surface area (Å²) in [4.78, 5) is 4.67. The number of benzene rings is 1. The molecule has 3 nitrogen and oxygen atoms in total. The van der Waals surface area contributed by atoms with Gasteiger partial charge in [0.1, 0.15) is 17.2 Å². The van der Waals surface area contributed by atoms with Crippen LogP contribution in [-0.4, -0.2) is 9.38 Å². The molecule has 3 heteroatoms. The number of hydrogen-bond donors (Lipinski definition) is 1. The lowest BCUT2D eigenvalue weighted by Crippen LogP contribution is -1.97. The Hall–Kier alpha value is -2.29. The van der Waals surface area contributed by atoms with Crippen LogP contribution in [0, 0.1) is 12.8 Å². The van der Waals surface area contributed by atoms with E-state index in [1.807, 2.05) is 29.5 Å². The van der Waals surface area contributed by atoms with E-state index in [0.29, 0.717) is 11.7 Å². The molecule has 2 N–H and O–H groups in total. The minimum Gasteiger partial charge on any atom is -0.383 e. The third-order valence-electron chi connectivity index (χ3n) is 3.75. The number of anilines is 1. The van der Waals surface area contributed by atoms with Gasteiger partial charge in [0.15, 0.2) is 0 Å². The van der Waals surface area contributed by atoms with Crippen LogP contribution in [0.3, 0.4) is 0 Å².